The van der Waals surface area contributed by atoms with Crippen LogP contribution in [0.4, 0.5) is 0 Å². The highest BCUT2D eigenvalue weighted by Crippen LogP contribution is 2.28. The summed E-state index contributed by atoms with van der Waals surface area (Å²) in [6.45, 7) is 11.2. The Morgan fingerprint density at radius 3 is 1.81 bits per heavy atom. The first kappa shape index (κ1) is 13.2. The summed E-state index contributed by atoms with van der Waals surface area (Å²) < 4.78 is 0. The molecular weight excluding hydrogens is 194 g/mol. The third-order valence-electron chi connectivity index (χ3n) is 3.49. The highest BCUT2D eigenvalue weighted by atomic mass is 14.9. The molecule has 1 nitrogen and oxygen atoms in total. The lowest BCUT2D eigenvalue weighted by Gasteiger charge is -2.27. The fraction of sp³-hybridized carbons (Fsp3) is 0.600. The average molecular weight is 219 g/mol. The van der Waals surface area contributed by atoms with Crippen molar-refractivity contribution in [1.29, 1.82) is 0 Å². The van der Waals surface area contributed by atoms with Gasteiger partial charge in [-0.3, -0.25) is 0 Å². The van der Waals surface area contributed by atoms with E-state index in [1.54, 1.807) is 0 Å². The lowest BCUT2D eigenvalue weighted by Crippen LogP contribution is -2.26. The second-order valence-electron chi connectivity index (χ2n) is 5.29. The van der Waals surface area contributed by atoms with Gasteiger partial charge in [0.2, 0.25) is 0 Å². The molecule has 90 valence electrons. The summed E-state index contributed by atoms with van der Waals surface area (Å²) in [6.07, 6.45) is 0. The second-order valence-corrected chi connectivity index (χ2v) is 5.29. The molecule has 1 N–H and O–H groups in total. The number of hydrogen-bond donors (Lipinski definition) is 1. The van der Waals surface area contributed by atoms with Gasteiger partial charge >= 0.3 is 0 Å². The minimum absolute atomic E-state index is 0.457. The van der Waals surface area contributed by atoms with Crippen LogP contribution in [0.25, 0.3) is 0 Å². The van der Waals surface area contributed by atoms with Crippen LogP contribution in [-0.2, 0) is 0 Å². The van der Waals surface area contributed by atoms with Crippen LogP contribution >= 0.6 is 0 Å². The van der Waals surface area contributed by atoms with E-state index in [9.17, 15) is 0 Å². The van der Waals surface area contributed by atoms with Gasteiger partial charge < -0.3 is 5.32 Å². The maximum Gasteiger partial charge on any atom is 0.0346 e. The number of nitrogens with one attached hydrogen (secondary N) is 1. The predicted octanol–water partition coefficient (Wildman–Crippen LogP) is 3.86. The fourth-order valence-corrected chi connectivity index (χ4v) is 2.31. The Kier molecular flexibility index (Phi) is 4.55. The molecule has 2 unspecified atom stereocenters. The molecule has 0 amide bonds. The van der Waals surface area contributed by atoms with E-state index in [-0.39, 0.29) is 0 Å². The van der Waals surface area contributed by atoms with Gasteiger partial charge in [0.05, 0.1) is 0 Å². The predicted molar refractivity (Wildman–Crippen MR) is 71.7 cm³/mol. The summed E-state index contributed by atoms with van der Waals surface area (Å²) in [6, 6.07) is 7.29. The highest BCUT2D eigenvalue weighted by molar-refractivity contribution is 5.31. The van der Waals surface area contributed by atoms with Gasteiger partial charge in [0, 0.05) is 6.04 Å². The van der Waals surface area contributed by atoms with Gasteiger partial charge in [0.15, 0.2) is 0 Å². The molecule has 0 spiro atoms. The average Bonchev–Trinajstić information content (AvgIpc) is 2.16. The molecule has 0 saturated heterocycles. The number of rotatable bonds is 4. The maximum atomic E-state index is 3.45. The molecule has 0 aliphatic carbocycles. The van der Waals surface area contributed by atoms with E-state index in [4.69, 9.17) is 0 Å². The third kappa shape index (κ3) is 3.08. The lowest BCUT2D eigenvalue weighted by atomic mass is 9.85. The van der Waals surface area contributed by atoms with Crippen molar-refractivity contribution in [2.24, 2.45) is 11.8 Å². The Morgan fingerprint density at radius 2 is 1.44 bits per heavy atom. The molecule has 0 aliphatic heterocycles. The summed E-state index contributed by atoms with van der Waals surface area (Å²) in [5.41, 5.74) is 4.12. The van der Waals surface area contributed by atoms with Crippen LogP contribution in [0.3, 0.4) is 0 Å². The van der Waals surface area contributed by atoms with Gasteiger partial charge in [0.25, 0.3) is 0 Å². The van der Waals surface area contributed by atoms with Gasteiger partial charge in [-0.1, -0.05) is 50.1 Å². The standard InChI is InChI=1S/C15H25N/c1-10(2)13(5)15(16-6)14-8-11(3)7-12(4)9-14/h7-10,13,15-16H,1-6H3. The molecule has 0 saturated carbocycles. The summed E-state index contributed by atoms with van der Waals surface area (Å²) in [5.74, 6) is 1.34. The van der Waals surface area contributed by atoms with Crippen LogP contribution in [-0.4, -0.2) is 7.05 Å². The molecule has 0 bridgehead atoms. The Hall–Kier alpha value is -0.820. The Balaban J connectivity index is 3.03. The zero-order valence-electron chi connectivity index (χ0n) is 11.5. The molecule has 0 fully saturated rings. The van der Waals surface area contributed by atoms with Crippen LogP contribution in [0, 0.1) is 25.7 Å². The topological polar surface area (TPSA) is 12.0 Å². The van der Waals surface area contributed by atoms with E-state index in [0.717, 1.165) is 0 Å². The first-order valence-corrected chi connectivity index (χ1v) is 6.21. The summed E-state index contributed by atoms with van der Waals surface area (Å²) in [4.78, 5) is 0. The number of benzene rings is 1. The lowest BCUT2D eigenvalue weighted by molar-refractivity contribution is 0.317. The zero-order valence-corrected chi connectivity index (χ0v) is 11.5. The molecule has 1 aromatic carbocycles. The van der Waals surface area contributed by atoms with Gasteiger partial charge in [-0.2, -0.15) is 0 Å². The van der Waals surface area contributed by atoms with Crippen LogP contribution in [0.15, 0.2) is 18.2 Å². The van der Waals surface area contributed by atoms with Gasteiger partial charge in [-0.25, -0.2) is 0 Å². The van der Waals surface area contributed by atoms with Gasteiger partial charge in [-0.15, -0.1) is 0 Å². The molecule has 0 heterocycles. The van der Waals surface area contributed by atoms with Gasteiger partial charge in [0.1, 0.15) is 0 Å². The minimum Gasteiger partial charge on any atom is -0.313 e. The minimum atomic E-state index is 0.457. The first-order chi connectivity index (χ1) is 7.45. The largest absolute Gasteiger partial charge is 0.313 e. The van der Waals surface area contributed by atoms with E-state index in [0.29, 0.717) is 17.9 Å². The summed E-state index contributed by atoms with van der Waals surface area (Å²) in [7, 11) is 2.06. The van der Waals surface area contributed by atoms with Gasteiger partial charge in [-0.05, 0) is 38.3 Å². The van der Waals surface area contributed by atoms with Crippen molar-refractivity contribution < 1.29 is 0 Å². The molecule has 1 rings (SSSR count). The van der Waals surface area contributed by atoms with Crippen molar-refractivity contribution in [3.8, 4) is 0 Å². The molecule has 1 heteroatoms. The number of hydrogen-bond acceptors (Lipinski definition) is 1. The van der Waals surface area contributed by atoms with Crippen molar-refractivity contribution in [2.45, 2.75) is 40.7 Å². The monoisotopic (exact) mass is 219 g/mol. The molecule has 1 aromatic rings. The van der Waals surface area contributed by atoms with Crippen molar-refractivity contribution in [3.63, 3.8) is 0 Å². The molecule has 0 aliphatic rings. The summed E-state index contributed by atoms with van der Waals surface area (Å²) >= 11 is 0. The van der Waals surface area contributed by atoms with E-state index < -0.39 is 0 Å². The molecule has 16 heavy (non-hydrogen) atoms. The van der Waals surface area contributed by atoms with Crippen molar-refractivity contribution >= 4 is 0 Å². The zero-order chi connectivity index (χ0) is 12.3. The molecule has 0 radical (unpaired) electrons. The van der Waals surface area contributed by atoms with E-state index in [1.165, 1.54) is 16.7 Å². The molecule has 2 atom stereocenters. The maximum absolute atomic E-state index is 3.45. The Labute approximate surface area is 100 Å². The third-order valence-corrected chi connectivity index (χ3v) is 3.49. The highest BCUT2D eigenvalue weighted by Gasteiger charge is 2.20. The molecule has 0 aromatic heterocycles. The first-order valence-electron chi connectivity index (χ1n) is 6.21. The second kappa shape index (κ2) is 5.49. The van der Waals surface area contributed by atoms with Crippen LogP contribution in [0.5, 0.6) is 0 Å². The van der Waals surface area contributed by atoms with Crippen molar-refractivity contribution in [3.05, 3.63) is 34.9 Å². The SMILES string of the molecule is CNC(c1cc(C)cc(C)c1)C(C)C(C)C. The quantitative estimate of drug-likeness (QED) is 0.811. The molecular formula is C15H25N. The smallest absolute Gasteiger partial charge is 0.0346 e. The van der Waals surface area contributed by atoms with E-state index >= 15 is 0 Å². The fourth-order valence-electron chi connectivity index (χ4n) is 2.31. The van der Waals surface area contributed by atoms with E-state index in [1.807, 2.05) is 0 Å². The summed E-state index contributed by atoms with van der Waals surface area (Å²) in [5, 5.41) is 3.45. The normalized spacial score (nSPS) is 15.2. The van der Waals surface area contributed by atoms with E-state index in [2.05, 4.69) is 65.2 Å². The van der Waals surface area contributed by atoms with Crippen molar-refractivity contribution in [2.75, 3.05) is 7.05 Å². The van der Waals surface area contributed by atoms with Crippen LogP contribution < -0.4 is 5.32 Å². The Morgan fingerprint density at radius 1 is 0.938 bits per heavy atom. The van der Waals surface area contributed by atoms with Crippen LogP contribution in [0.2, 0.25) is 0 Å². The number of aryl methyl sites for hydroxylation is 2. The Bertz CT molecular complexity index is 321. The van der Waals surface area contributed by atoms with Crippen LogP contribution in [0.1, 0.15) is 43.5 Å². The van der Waals surface area contributed by atoms with Crippen molar-refractivity contribution in [1.82, 2.24) is 5.32 Å².